The van der Waals surface area contributed by atoms with Crippen LogP contribution < -0.4 is 4.80 Å². The Morgan fingerprint density at radius 1 is 1.03 bits per heavy atom. The molecule has 0 aliphatic rings. The summed E-state index contributed by atoms with van der Waals surface area (Å²) < 4.78 is 38.2. The Bertz CT molecular complexity index is 1450. The zero-order valence-corrected chi connectivity index (χ0v) is 21.5. The number of carbonyl (C=O) groups excluding carboxylic acids is 3. The van der Waals surface area contributed by atoms with Crippen LogP contribution in [0.25, 0.3) is 10.2 Å². The van der Waals surface area contributed by atoms with E-state index in [1.165, 1.54) is 54.4 Å². The molecule has 10 nitrogen and oxygen atoms in total. The first-order chi connectivity index (χ1) is 16.5. The Labute approximate surface area is 206 Å². The SMILES string of the molecule is COC(=O)Cn1c(=NC(=O)c2ccc(S(=O)(=O)N(C)C(C)C)cc2)sc2cc(C(=O)OC)ccc21. The minimum absolute atomic E-state index is 0.0585. The van der Waals surface area contributed by atoms with Gasteiger partial charge in [0.05, 0.1) is 34.9 Å². The van der Waals surface area contributed by atoms with Crippen LogP contribution in [0.4, 0.5) is 0 Å². The second kappa shape index (κ2) is 10.5. The van der Waals surface area contributed by atoms with Gasteiger partial charge in [-0.15, -0.1) is 0 Å². The van der Waals surface area contributed by atoms with Crippen molar-refractivity contribution < 1.29 is 32.3 Å². The molecule has 2 aromatic carbocycles. The van der Waals surface area contributed by atoms with Gasteiger partial charge >= 0.3 is 11.9 Å². The summed E-state index contributed by atoms with van der Waals surface area (Å²) in [6.07, 6.45) is 0. The van der Waals surface area contributed by atoms with Gasteiger partial charge in [-0.25, -0.2) is 13.2 Å². The number of carbonyl (C=O) groups is 3. The summed E-state index contributed by atoms with van der Waals surface area (Å²) in [5.74, 6) is -1.68. The molecule has 1 amide bonds. The van der Waals surface area contributed by atoms with Crippen molar-refractivity contribution in [2.45, 2.75) is 31.3 Å². The van der Waals surface area contributed by atoms with Gasteiger partial charge in [-0.2, -0.15) is 9.30 Å². The van der Waals surface area contributed by atoms with Gasteiger partial charge in [-0.05, 0) is 56.3 Å². The fourth-order valence-corrected chi connectivity index (χ4v) is 5.55. The zero-order valence-electron chi connectivity index (χ0n) is 19.8. The number of benzene rings is 2. The second-order valence-corrected chi connectivity index (χ2v) is 10.8. The maximum atomic E-state index is 12.9. The molecule has 186 valence electrons. The van der Waals surface area contributed by atoms with Crippen molar-refractivity contribution >= 4 is 49.4 Å². The van der Waals surface area contributed by atoms with Crippen LogP contribution in [0, 0.1) is 0 Å². The smallest absolute Gasteiger partial charge is 0.337 e. The van der Waals surface area contributed by atoms with E-state index in [4.69, 9.17) is 9.47 Å². The largest absolute Gasteiger partial charge is 0.468 e. The third-order valence-electron chi connectivity index (χ3n) is 5.32. The van der Waals surface area contributed by atoms with E-state index in [0.717, 1.165) is 11.3 Å². The van der Waals surface area contributed by atoms with Crippen LogP contribution in [0.2, 0.25) is 0 Å². The molecule has 12 heteroatoms. The van der Waals surface area contributed by atoms with E-state index in [2.05, 4.69) is 4.99 Å². The summed E-state index contributed by atoms with van der Waals surface area (Å²) in [6, 6.07) is 10.0. The lowest BCUT2D eigenvalue weighted by atomic mass is 10.2. The van der Waals surface area contributed by atoms with Gasteiger partial charge < -0.3 is 14.0 Å². The summed E-state index contributed by atoms with van der Waals surface area (Å²) in [7, 11) is 0.319. The van der Waals surface area contributed by atoms with Crippen LogP contribution in [0.1, 0.15) is 34.6 Å². The molecule has 0 saturated carbocycles. The first-order valence-corrected chi connectivity index (χ1v) is 12.7. The van der Waals surface area contributed by atoms with Gasteiger partial charge in [0.2, 0.25) is 10.0 Å². The van der Waals surface area contributed by atoms with Gasteiger partial charge in [0.1, 0.15) is 6.54 Å². The number of nitrogens with zero attached hydrogens (tertiary/aromatic N) is 3. The van der Waals surface area contributed by atoms with Crippen molar-refractivity contribution in [2.75, 3.05) is 21.3 Å². The van der Waals surface area contributed by atoms with Gasteiger partial charge in [-0.3, -0.25) is 9.59 Å². The maximum absolute atomic E-state index is 12.9. The molecule has 0 atom stereocenters. The fourth-order valence-electron chi connectivity index (χ4n) is 3.11. The van der Waals surface area contributed by atoms with E-state index in [1.807, 2.05) is 0 Å². The number of aromatic nitrogens is 1. The van der Waals surface area contributed by atoms with E-state index >= 15 is 0 Å². The average Bonchev–Trinajstić information content (AvgIpc) is 3.18. The van der Waals surface area contributed by atoms with Crippen LogP contribution in [-0.2, 0) is 30.8 Å². The standard InChI is InChI=1S/C23H25N3O7S2/c1-14(2)25(3)35(30,31)17-9-6-15(7-10-17)21(28)24-23-26(13-20(27)32-4)18-11-8-16(22(29)33-5)12-19(18)34-23/h6-12,14H,13H2,1-5H3. The highest BCUT2D eigenvalue weighted by Crippen LogP contribution is 2.21. The molecule has 0 N–H and O–H groups in total. The van der Waals surface area contributed by atoms with Crippen molar-refractivity contribution in [3.63, 3.8) is 0 Å². The van der Waals surface area contributed by atoms with Crippen molar-refractivity contribution in [1.82, 2.24) is 8.87 Å². The van der Waals surface area contributed by atoms with Gasteiger partial charge in [0, 0.05) is 18.7 Å². The fraction of sp³-hybridized carbons (Fsp3) is 0.304. The number of amides is 1. The Morgan fingerprint density at radius 3 is 2.23 bits per heavy atom. The summed E-state index contributed by atoms with van der Waals surface area (Å²) in [5, 5.41) is 0. The van der Waals surface area contributed by atoms with Crippen LogP contribution in [0.15, 0.2) is 52.4 Å². The van der Waals surface area contributed by atoms with Gasteiger partial charge in [-0.1, -0.05) is 11.3 Å². The topological polar surface area (TPSA) is 124 Å². The maximum Gasteiger partial charge on any atom is 0.337 e. The lowest BCUT2D eigenvalue weighted by Crippen LogP contribution is -2.33. The quantitative estimate of drug-likeness (QED) is 0.439. The molecule has 0 bridgehead atoms. The minimum Gasteiger partial charge on any atom is -0.468 e. The predicted octanol–water partition coefficient (Wildman–Crippen LogP) is 2.43. The lowest BCUT2D eigenvalue weighted by Gasteiger charge is -2.20. The Hall–Kier alpha value is -3.35. The van der Waals surface area contributed by atoms with Crippen LogP contribution in [0.5, 0.6) is 0 Å². The number of methoxy groups -OCH3 is 2. The third-order valence-corrected chi connectivity index (χ3v) is 8.41. The second-order valence-electron chi connectivity index (χ2n) is 7.78. The predicted molar refractivity (Wildman–Crippen MR) is 130 cm³/mol. The van der Waals surface area contributed by atoms with Crippen LogP contribution in [-0.4, -0.2) is 62.4 Å². The highest BCUT2D eigenvalue weighted by Gasteiger charge is 2.23. The monoisotopic (exact) mass is 519 g/mol. The molecule has 0 aliphatic carbocycles. The van der Waals surface area contributed by atoms with Crippen molar-refractivity contribution in [3.05, 3.63) is 58.4 Å². The normalized spacial score (nSPS) is 12.4. The van der Waals surface area contributed by atoms with E-state index in [9.17, 15) is 22.8 Å². The van der Waals surface area contributed by atoms with E-state index in [0.29, 0.717) is 15.8 Å². The Kier molecular flexibility index (Phi) is 7.88. The number of rotatable bonds is 7. The highest BCUT2D eigenvalue weighted by atomic mass is 32.2. The Balaban J connectivity index is 2.04. The van der Waals surface area contributed by atoms with Gasteiger partial charge in [0.25, 0.3) is 5.91 Å². The summed E-state index contributed by atoms with van der Waals surface area (Å²) in [6.45, 7) is 3.33. The molecule has 0 aliphatic heterocycles. The summed E-state index contributed by atoms with van der Waals surface area (Å²) >= 11 is 1.11. The van der Waals surface area contributed by atoms with Gasteiger partial charge in [0.15, 0.2) is 4.80 Å². The molecule has 1 heterocycles. The third kappa shape index (κ3) is 5.50. The molecule has 0 spiro atoms. The molecule has 0 fully saturated rings. The first kappa shape index (κ1) is 26.3. The molecular weight excluding hydrogens is 494 g/mol. The zero-order chi connectivity index (χ0) is 25.9. The summed E-state index contributed by atoms with van der Waals surface area (Å²) in [4.78, 5) is 41.2. The van der Waals surface area contributed by atoms with Crippen LogP contribution >= 0.6 is 11.3 Å². The van der Waals surface area contributed by atoms with E-state index in [-0.39, 0.29) is 27.8 Å². The first-order valence-electron chi connectivity index (χ1n) is 10.4. The summed E-state index contributed by atoms with van der Waals surface area (Å²) in [5.41, 5.74) is 1.07. The molecule has 1 aromatic heterocycles. The van der Waals surface area contributed by atoms with Crippen molar-refractivity contribution in [2.24, 2.45) is 4.99 Å². The molecule has 0 unspecified atom stereocenters. The molecule has 0 saturated heterocycles. The van der Waals surface area contributed by atoms with Crippen molar-refractivity contribution in [1.29, 1.82) is 0 Å². The molecule has 3 aromatic rings. The number of hydrogen-bond acceptors (Lipinski definition) is 8. The highest BCUT2D eigenvalue weighted by molar-refractivity contribution is 7.89. The van der Waals surface area contributed by atoms with E-state index < -0.39 is 27.9 Å². The molecule has 0 radical (unpaired) electrons. The average molecular weight is 520 g/mol. The molecular formula is C23H25N3O7S2. The van der Waals surface area contributed by atoms with E-state index in [1.54, 1.807) is 32.0 Å². The molecule has 3 rings (SSSR count). The minimum atomic E-state index is -3.69. The number of ether oxygens (including phenoxy) is 2. The number of hydrogen-bond donors (Lipinski definition) is 0. The van der Waals surface area contributed by atoms with Crippen molar-refractivity contribution in [3.8, 4) is 0 Å². The Morgan fingerprint density at radius 2 is 1.66 bits per heavy atom. The number of esters is 2. The lowest BCUT2D eigenvalue weighted by molar-refractivity contribution is -0.141. The number of sulfonamides is 1. The number of fused-ring (bicyclic) bond motifs is 1. The number of thiazole rings is 1. The molecule has 35 heavy (non-hydrogen) atoms. The van der Waals surface area contributed by atoms with Crippen LogP contribution in [0.3, 0.4) is 0 Å².